The maximum atomic E-state index is 11.3. The number of aromatic nitrogens is 1. The van der Waals surface area contributed by atoms with Gasteiger partial charge in [0.05, 0.1) is 6.61 Å². The van der Waals surface area contributed by atoms with E-state index >= 15 is 0 Å². The number of fused-ring (bicyclic) bond motifs is 1. The van der Waals surface area contributed by atoms with Crippen LogP contribution in [-0.4, -0.2) is 17.6 Å². The minimum absolute atomic E-state index is 0.140. The third-order valence-corrected chi connectivity index (χ3v) is 3.13. The van der Waals surface area contributed by atoms with Crippen molar-refractivity contribution >= 4 is 32.8 Å². The minimum Gasteiger partial charge on any atom is -0.466 e. The smallest absolute Gasteiger partial charge is 0.306 e. The SMILES string of the molecule is CCOC(=O)CCc1c[nH]c2cc(Br)ccc12. The molecule has 1 heterocycles. The predicted octanol–water partition coefficient (Wildman–Crippen LogP) is 3.43. The van der Waals surface area contributed by atoms with Crippen molar-refractivity contribution in [1.82, 2.24) is 4.98 Å². The Kier molecular flexibility index (Phi) is 3.84. The van der Waals surface area contributed by atoms with E-state index in [-0.39, 0.29) is 5.97 Å². The van der Waals surface area contributed by atoms with Crippen molar-refractivity contribution in [2.75, 3.05) is 6.61 Å². The van der Waals surface area contributed by atoms with Crippen LogP contribution in [0.2, 0.25) is 0 Å². The lowest BCUT2D eigenvalue weighted by molar-refractivity contribution is -0.143. The Morgan fingerprint density at radius 2 is 2.29 bits per heavy atom. The van der Waals surface area contributed by atoms with Gasteiger partial charge in [-0.25, -0.2) is 0 Å². The molecule has 0 unspecified atom stereocenters. The molecule has 1 aromatic carbocycles. The second-order valence-electron chi connectivity index (χ2n) is 3.81. The zero-order valence-electron chi connectivity index (χ0n) is 9.63. The highest BCUT2D eigenvalue weighted by Gasteiger charge is 2.07. The van der Waals surface area contributed by atoms with Crippen LogP contribution in [0.4, 0.5) is 0 Å². The van der Waals surface area contributed by atoms with Gasteiger partial charge in [0.1, 0.15) is 0 Å². The molecule has 17 heavy (non-hydrogen) atoms. The molecule has 2 aromatic rings. The molecule has 90 valence electrons. The average Bonchev–Trinajstić information content (AvgIpc) is 2.69. The molecule has 0 saturated heterocycles. The van der Waals surface area contributed by atoms with Gasteiger partial charge in [-0.3, -0.25) is 4.79 Å². The number of nitrogens with one attached hydrogen (secondary N) is 1. The highest BCUT2D eigenvalue weighted by molar-refractivity contribution is 9.10. The molecule has 0 amide bonds. The number of H-pyrrole nitrogens is 1. The number of benzene rings is 1. The standard InChI is InChI=1S/C13H14BrNO2/c1-2-17-13(16)6-3-9-8-15-12-7-10(14)4-5-11(9)12/h4-5,7-8,15H,2-3,6H2,1H3. The summed E-state index contributed by atoms with van der Waals surface area (Å²) in [5.74, 6) is -0.140. The van der Waals surface area contributed by atoms with Gasteiger partial charge in [0, 0.05) is 28.0 Å². The second kappa shape index (κ2) is 5.36. The Morgan fingerprint density at radius 1 is 1.47 bits per heavy atom. The quantitative estimate of drug-likeness (QED) is 0.878. The van der Waals surface area contributed by atoms with Gasteiger partial charge in [-0.2, -0.15) is 0 Å². The lowest BCUT2D eigenvalue weighted by Crippen LogP contribution is -2.04. The van der Waals surface area contributed by atoms with Crippen molar-refractivity contribution in [3.8, 4) is 0 Å². The number of halogens is 1. The molecule has 0 spiro atoms. The number of esters is 1. The topological polar surface area (TPSA) is 42.1 Å². The number of carbonyl (C=O) groups excluding carboxylic acids is 1. The fourth-order valence-electron chi connectivity index (χ4n) is 1.84. The van der Waals surface area contributed by atoms with Crippen LogP contribution in [-0.2, 0) is 16.0 Å². The van der Waals surface area contributed by atoms with Crippen LogP contribution in [0.15, 0.2) is 28.9 Å². The Morgan fingerprint density at radius 3 is 3.06 bits per heavy atom. The molecule has 0 atom stereocenters. The summed E-state index contributed by atoms with van der Waals surface area (Å²) in [6, 6.07) is 6.09. The lowest BCUT2D eigenvalue weighted by atomic mass is 10.1. The van der Waals surface area contributed by atoms with E-state index in [1.165, 1.54) is 0 Å². The summed E-state index contributed by atoms with van der Waals surface area (Å²) in [7, 11) is 0. The van der Waals surface area contributed by atoms with Gasteiger partial charge < -0.3 is 9.72 Å². The fourth-order valence-corrected chi connectivity index (χ4v) is 2.20. The van der Waals surface area contributed by atoms with Crippen LogP contribution in [0.3, 0.4) is 0 Å². The van der Waals surface area contributed by atoms with Gasteiger partial charge >= 0.3 is 5.97 Å². The molecule has 2 rings (SSSR count). The first-order valence-corrected chi connectivity index (χ1v) is 6.41. The van der Waals surface area contributed by atoms with Crippen LogP contribution in [0.5, 0.6) is 0 Å². The third kappa shape index (κ3) is 2.88. The first kappa shape index (κ1) is 12.2. The Balaban J connectivity index is 2.11. The number of hydrogen-bond donors (Lipinski definition) is 1. The number of ether oxygens (including phenoxy) is 1. The maximum absolute atomic E-state index is 11.3. The highest BCUT2D eigenvalue weighted by atomic mass is 79.9. The van der Waals surface area contributed by atoms with E-state index in [1.807, 2.05) is 25.3 Å². The van der Waals surface area contributed by atoms with Gasteiger partial charge in [-0.05, 0) is 31.0 Å². The van der Waals surface area contributed by atoms with Crippen LogP contribution < -0.4 is 0 Å². The van der Waals surface area contributed by atoms with Gasteiger partial charge in [0.15, 0.2) is 0 Å². The van der Waals surface area contributed by atoms with Gasteiger partial charge in [0.2, 0.25) is 0 Å². The van der Waals surface area contributed by atoms with E-state index in [0.717, 1.165) is 20.9 Å². The van der Waals surface area contributed by atoms with E-state index in [0.29, 0.717) is 19.4 Å². The summed E-state index contributed by atoms with van der Waals surface area (Å²) in [6.45, 7) is 2.26. The van der Waals surface area contributed by atoms with Crippen molar-refractivity contribution in [3.63, 3.8) is 0 Å². The molecule has 0 aliphatic rings. The number of carbonyl (C=O) groups is 1. The number of rotatable bonds is 4. The third-order valence-electron chi connectivity index (χ3n) is 2.63. The fraction of sp³-hybridized carbons (Fsp3) is 0.308. The Hall–Kier alpha value is -1.29. The molecule has 1 N–H and O–H groups in total. The largest absolute Gasteiger partial charge is 0.466 e. The van der Waals surface area contributed by atoms with Crippen molar-refractivity contribution in [3.05, 3.63) is 34.4 Å². The van der Waals surface area contributed by atoms with E-state index in [4.69, 9.17) is 4.74 Å². The molecule has 4 heteroatoms. The van der Waals surface area contributed by atoms with Crippen LogP contribution in [0.1, 0.15) is 18.9 Å². The molecule has 0 aliphatic heterocycles. The molecule has 0 radical (unpaired) electrons. The monoisotopic (exact) mass is 295 g/mol. The zero-order valence-corrected chi connectivity index (χ0v) is 11.2. The van der Waals surface area contributed by atoms with Crippen LogP contribution in [0, 0.1) is 0 Å². The van der Waals surface area contributed by atoms with Crippen molar-refractivity contribution < 1.29 is 9.53 Å². The van der Waals surface area contributed by atoms with Gasteiger partial charge in [0.25, 0.3) is 0 Å². The molecular weight excluding hydrogens is 282 g/mol. The van der Waals surface area contributed by atoms with E-state index in [9.17, 15) is 4.79 Å². The Labute approximate surface area is 108 Å². The minimum atomic E-state index is -0.140. The zero-order chi connectivity index (χ0) is 12.3. The summed E-state index contributed by atoms with van der Waals surface area (Å²) >= 11 is 3.43. The number of aryl methyl sites for hydroxylation is 1. The average molecular weight is 296 g/mol. The van der Waals surface area contributed by atoms with Crippen molar-refractivity contribution in [2.24, 2.45) is 0 Å². The molecule has 3 nitrogen and oxygen atoms in total. The van der Waals surface area contributed by atoms with Gasteiger partial charge in [-0.15, -0.1) is 0 Å². The Bertz CT molecular complexity index is 533. The molecule has 0 aliphatic carbocycles. The van der Waals surface area contributed by atoms with E-state index < -0.39 is 0 Å². The summed E-state index contributed by atoms with van der Waals surface area (Å²) in [6.07, 6.45) is 3.09. The van der Waals surface area contributed by atoms with E-state index in [2.05, 4.69) is 27.0 Å². The van der Waals surface area contributed by atoms with E-state index in [1.54, 1.807) is 0 Å². The molecule has 0 saturated carbocycles. The van der Waals surface area contributed by atoms with Gasteiger partial charge in [-0.1, -0.05) is 22.0 Å². The van der Waals surface area contributed by atoms with Crippen LogP contribution in [0.25, 0.3) is 10.9 Å². The second-order valence-corrected chi connectivity index (χ2v) is 4.72. The highest BCUT2D eigenvalue weighted by Crippen LogP contribution is 2.23. The summed E-state index contributed by atoms with van der Waals surface area (Å²) in [4.78, 5) is 14.5. The summed E-state index contributed by atoms with van der Waals surface area (Å²) in [5.41, 5.74) is 2.23. The first-order valence-electron chi connectivity index (χ1n) is 5.62. The molecule has 0 bridgehead atoms. The maximum Gasteiger partial charge on any atom is 0.306 e. The van der Waals surface area contributed by atoms with Crippen molar-refractivity contribution in [2.45, 2.75) is 19.8 Å². The molecule has 0 fully saturated rings. The molecular formula is C13H14BrNO2. The summed E-state index contributed by atoms with van der Waals surface area (Å²) < 4.78 is 5.96. The summed E-state index contributed by atoms with van der Waals surface area (Å²) in [5, 5.41) is 1.16. The molecule has 1 aromatic heterocycles. The normalized spacial score (nSPS) is 10.7. The first-order chi connectivity index (χ1) is 8.20. The lowest BCUT2D eigenvalue weighted by Gasteiger charge is -2.01. The van der Waals surface area contributed by atoms with Crippen molar-refractivity contribution in [1.29, 1.82) is 0 Å². The number of aromatic amines is 1. The van der Waals surface area contributed by atoms with Crippen LogP contribution >= 0.6 is 15.9 Å². The predicted molar refractivity (Wildman–Crippen MR) is 71.0 cm³/mol. The number of hydrogen-bond acceptors (Lipinski definition) is 2.